The summed E-state index contributed by atoms with van der Waals surface area (Å²) in [6, 6.07) is 0. The second-order valence-corrected chi connectivity index (χ2v) is 8.71. The molecule has 0 N–H and O–H groups in total. The highest BCUT2D eigenvalue weighted by atomic mass is 16.2. The van der Waals surface area contributed by atoms with E-state index in [0.29, 0.717) is 5.92 Å². The number of amides is 1. The summed E-state index contributed by atoms with van der Waals surface area (Å²) in [5.41, 5.74) is -0.318. The molecular weight excluding hydrogens is 314 g/mol. The Morgan fingerprint density at radius 3 is 2.48 bits per heavy atom. The fourth-order valence-corrected chi connectivity index (χ4v) is 4.03. The van der Waals surface area contributed by atoms with Crippen molar-refractivity contribution in [2.45, 2.75) is 65.3 Å². The monoisotopic (exact) mass is 347 g/mol. The van der Waals surface area contributed by atoms with Gasteiger partial charge in [0.25, 0.3) is 0 Å². The molecule has 2 aliphatic rings. The van der Waals surface area contributed by atoms with Gasteiger partial charge in [-0.3, -0.25) is 9.69 Å². The Labute approximate surface area is 151 Å². The predicted molar refractivity (Wildman–Crippen MR) is 98.1 cm³/mol. The van der Waals surface area contributed by atoms with Crippen LogP contribution >= 0.6 is 0 Å². The highest BCUT2D eigenvalue weighted by Gasteiger charge is 2.33. The second-order valence-electron chi connectivity index (χ2n) is 8.71. The van der Waals surface area contributed by atoms with Gasteiger partial charge in [0, 0.05) is 31.5 Å². The predicted octanol–water partition coefficient (Wildman–Crippen LogP) is 2.55. The topological polar surface area (TPSA) is 54.3 Å². The van der Waals surface area contributed by atoms with E-state index < -0.39 is 0 Å². The molecule has 3 rings (SSSR count). The lowest BCUT2D eigenvalue weighted by Gasteiger charge is -2.36. The number of hydrogen-bond acceptors (Lipinski definition) is 4. The van der Waals surface area contributed by atoms with Crippen molar-refractivity contribution >= 4 is 5.91 Å². The summed E-state index contributed by atoms with van der Waals surface area (Å²) in [4.78, 5) is 17.1. The van der Waals surface area contributed by atoms with Crippen molar-refractivity contribution in [3.63, 3.8) is 0 Å². The van der Waals surface area contributed by atoms with Crippen LogP contribution in [0.3, 0.4) is 0 Å². The smallest absolute Gasteiger partial charge is 0.227 e. The van der Waals surface area contributed by atoms with E-state index in [0.717, 1.165) is 44.1 Å². The van der Waals surface area contributed by atoms with E-state index in [4.69, 9.17) is 0 Å². The third kappa shape index (κ3) is 4.22. The summed E-state index contributed by atoms with van der Waals surface area (Å²) in [6.07, 6.45) is 6.05. The van der Waals surface area contributed by atoms with Crippen molar-refractivity contribution < 1.29 is 4.79 Å². The number of carbonyl (C=O) groups excluding carboxylic acids is 1. The quantitative estimate of drug-likeness (QED) is 0.843. The number of piperidine rings is 2. The minimum atomic E-state index is -0.318. The largest absolute Gasteiger partial charge is 0.342 e. The van der Waals surface area contributed by atoms with E-state index in [1.165, 1.54) is 32.4 Å². The minimum absolute atomic E-state index is 0.243. The van der Waals surface area contributed by atoms with Gasteiger partial charge in [-0.05, 0) is 38.8 Å². The third-order valence-corrected chi connectivity index (χ3v) is 5.53. The van der Waals surface area contributed by atoms with Gasteiger partial charge >= 0.3 is 0 Å². The molecule has 0 spiro atoms. The Morgan fingerprint density at radius 1 is 1.08 bits per heavy atom. The van der Waals surface area contributed by atoms with Crippen molar-refractivity contribution in [2.24, 2.45) is 12.5 Å². The molecule has 25 heavy (non-hydrogen) atoms. The van der Waals surface area contributed by atoms with Crippen molar-refractivity contribution in [3.8, 4) is 0 Å². The Hall–Kier alpha value is -1.43. The number of hydrogen-bond donors (Lipinski definition) is 0. The average Bonchev–Trinajstić information content (AvgIpc) is 2.95. The van der Waals surface area contributed by atoms with Crippen LogP contribution in [0.1, 0.15) is 70.4 Å². The van der Waals surface area contributed by atoms with E-state index in [1.54, 1.807) is 0 Å². The van der Waals surface area contributed by atoms with Crippen LogP contribution in [0.15, 0.2) is 0 Å². The first-order chi connectivity index (χ1) is 11.9. The first kappa shape index (κ1) is 18.4. The summed E-state index contributed by atoms with van der Waals surface area (Å²) in [5, 5.41) is 8.98. The number of carbonyl (C=O) groups is 1. The van der Waals surface area contributed by atoms with Gasteiger partial charge in [-0.25, -0.2) is 0 Å². The van der Waals surface area contributed by atoms with Gasteiger partial charge in [-0.15, -0.1) is 10.2 Å². The van der Waals surface area contributed by atoms with Crippen LogP contribution in [0.4, 0.5) is 0 Å². The molecular formula is C19H33N5O. The zero-order valence-electron chi connectivity index (χ0n) is 16.3. The highest BCUT2D eigenvalue weighted by molar-refractivity contribution is 5.81. The molecule has 0 aliphatic carbocycles. The molecule has 1 atom stereocenters. The van der Waals surface area contributed by atoms with Gasteiger partial charge in [-0.2, -0.15) is 0 Å². The molecule has 1 aromatic heterocycles. The van der Waals surface area contributed by atoms with E-state index in [-0.39, 0.29) is 11.3 Å². The second kappa shape index (κ2) is 7.44. The lowest BCUT2D eigenvalue weighted by atomic mass is 9.91. The molecule has 140 valence electrons. The maximum Gasteiger partial charge on any atom is 0.227 e. The molecule has 0 aromatic carbocycles. The maximum absolute atomic E-state index is 12.6. The summed E-state index contributed by atoms with van der Waals surface area (Å²) >= 11 is 0. The standard InChI is InChI=1S/C19H33N5O/c1-19(2,3)18(25)24-12-8-9-15(13-24)17-21-20-16(22(17)4)14-23-10-6-5-7-11-23/h15H,5-14H2,1-4H3/t15-/m1/s1. The Morgan fingerprint density at radius 2 is 1.80 bits per heavy atom. The average molecular weight is 348 g/mol. The maximum atomic E-state index is 12.6. The van der Waals surface area contributed by atoms with Crippen LogP contribution in [0.5, 0.6) is 0 Å². The highest BCUT2D eigenvalue weighted by Crippen LogP contribution is 2.29. The normalized spacial score (nSPS) is 23.0. The van der Waals surface area contributed by atoms with Crippen molar-refractivity contribution in [3.05, 3.63) is 11.6 Å². The molecule has 0 saturated carbocycles. The van der Waals surface area contributed by atoms with Gasteiger partial charge in [-0.1, -0.05) is 27.2 Å². The SMILES string of the molecule is Cn1c(CN2CCCCC2)nnc1[C@@H]1CCCN(C(=O)C(C)(C)C)C1. The molecule has 0 bridgehead atoms. The van der Waals surface area contributed by atoms with Gasteiger partial charge < -0.3 is 9.47 Å². The van der Waals surface area contributed by atoms with Crippen LogP contribution in [-0.4, -0.2) is 56.7 Å². The van der Waals surface area contributed by atoms with Crippen LogP contribution in [0.2, 0.25) is 0 Å². The molecule has 1 amide bonds. The molecule has 2 aliphatic heterocycles. The summed E-state index contributed by atoms with van der Waals surface area (Å²) in [7, 11) is 2.08. The molecule has 2 saturated heterocycles. The zero-order valence-corrected chi connectivity index (χ0v) is 16.3. The summed E-state index contributed by atoms with van der Waals surface area (Å²) in [6.45, 7) is 10.9. The molecule has 0 radical (unpaired) electrons. The fraction of sp³-hybridized carbons (Fsp3) is 0.842. The molecule has 1 aromatic rings. The number of aromatic nitrogens is 3. The minimum Gasteiger partial charge on any atom is -0.342 e. The van der Waals surface area contributed by atoms with E-state index in [9.17, 15) is 4.79 Å². The first-order valence-corrected chi connectivity index (χ1v) is 9.76. The zero-order chi connectivity index (χ0) is 18.0. The van der Waals surface area contributed by atoms with Crippen LogP contribution in [0.25, 0.3) is 0 Å². The lowest BCUT2D eigenvalue weighted by molar-refractivity contribution is -0.140. The number of nitrogens with zero attached hydrogens (tertiary/aromatic N) is 5. The van der Waals surface area contributed by atoms with Crippen LogP contribution in [0, 0.1) is 5.41 Å². The lowest BCUT2D eigenvalue weighted by Crippen LogP contribution is -2.45. The van der Waals surface area contributed by atoms with Crippen molar-refractivity contribution in [1.82, 2.24) is 24.6 Å². The van der Waals surface area contributed by atoms with Gasteiger partial charge in [0.15, 0.2) is 0 Å². The van der Waals surface area contributed by atoms with Crippen molar-refractivity contribution in [2.75, 3.05) is 26.2 Å². The van der Waals surface area contributed by atoms with E-state index in [1.807, 2.05) is 25.7 Å². The molecule has 6 nitrogen and oxygen atoms in total. The first-order valence-electron chi connectivity index (χ1n) is 9.76. The van der Waals surface area contributed by atoms with Gasteiger partial charge in [0.1, 0.15) is 11.6 Å². The summed E-state index contributed by atoms with van der Waals surface area (Å²) < 4.78 is 2.17. The fourth-order valence-electron chi connectivity index (χ4n) is 4.03. The van der Waals surface area contributed by atoms with Crippen LogP contribution < -0.4 is 0 Å². The van der Waals surface area contributed by atoms with E-state index >= 15 is 0 Å². The van der Waals surface area contributed by atoms with Gasteiger partial charge in [0.2, 0.25) is 5.91 Å². The van der Waals surface area contributed by atoms with Crippen molar-refractivity contribution in [1.29, 1.82) is 0 Å². The molecule has 2 fully saturated rings. The third-order valence-electron chi connectivity index (χ3n) is 5.53. The van der Waals surface area contributed by atoms with Gasteiger partial charge in [0.05, 0.1) is 6.54 Å². The molecule has 6 heteroatoms. The Balaban J connectivity index is 1.68. The van der Waals surface area contributed by atoms with E-state index in [2.05, 4.69) is 26.7 Å². The number of rotatable bonds is 3. The summed E-state index contributed by atoms with van der Waals surface area (Å²) in [5.74, 6) is 2.63. The Bertz CT molecular complexity index is 597. The molecule has 0 unspecified atom stereocenters. The molecule has 3 heterocycles. The van der Waals surface area contributed by atoms with Crippen LogP contribution in [-0.2, 0) is 18.4 Å². The number of likely N-dealkylation sites (tertiary alicyclic amines) is 2. The Kier molecular flexibility index (Phi) is 5.46.